The first-order valence-corrected chi connectivity index (χ1v) is 12.1. The Balaban J connectivity index is 1.32. The number of hydrogen-bond acceptors (Lipinski definition) is 8. The quantitative estimate of drug-likeness (QED) is 0.115. The van der Waals surface area contributed by atoms with E-state index in [9.17, 15) is 13.6 Å². The van der Waals surface area contributed by atoms with Gasteiger partial charge in [0.05, 0.1) is 17.7 Å². The molecule has 0 aliphatic rings. The maximum atomic E-state index is 13.7. The molecule has 0 unspecified atom stereocenters. The molecule has 4 aromatic rings. The van der Waals surface area contributed by atoms with Gasteiger partial charge in [0.2, 0.25) is 11.1 Å². The molecule has 0 saturated carbocycles. The lowest BCUT2D eigenvalue weighted by atomic mass is 10.2. The Hall–Kier alpha value is -4.16. The molecule has 190 valence electrons. The minimum absolute atomic E-state index is 0.123. The van der Waals surface area contributed by atoms with Crippen LogP contribution in [0.25, 0.3) is 0 Å². The van der Waals surface area contributed by atoms with Crippen LogP contribution in [0.15, 0.2) is 77.0 Å². The van der Waals surface area contributed by atoms with Crippen LogP contribution in [0.1, 0.15) is 11.1 Å². The Morgan fingerprint density at radius 3 is 2.73 bits per heavy atom. The van der Waals surface area contributed by atoms with E-state index in [0.717, 1.165) is 34.1 Å². The molecule has 0 atom stereocenters. The zero-order valence-corrected chi connectivity index (χ0v) is 20.6. The highest BCUT2D eigenvalue weighted by Gasteiger charge is 2.14. The number of nitrogens with one attached hydrogen (secondary N) is 2. The van der Waals surface area contributed by atoms with Crippen LogP contribution < -0.4 is 21.3 Å². The zero-order chi connectivity index (χ0) is 26.2. The predicted molar refractivity (Wildman–Crippen MR) is 139 cm³/mol. The number of benzene rings is 3. The molecule has 13 heteroatoms. The van der Waals surface area contributed by atoms with E-state index in [4.69, 9.17) is 22.2 Å². The first kappa shape index (κ1) is 25.9. The van der Waals surface area contributed by atoms with E-state index in [1.807, 2.05) is 36.4 Å². The maximum Gasteiger partial charge on any atom is 0.264 e. The largest absolute Gasteiger partial charge is 0.488 e. The summed E-state index contributed by atoms with van der Waals surface area (Å²) in [5.41, 5.74) is 4.11. The summed E-state index contributed by atoms with van der Waals surface area (Å²) in [5, 5.41) is 15.2. The van der Waals surface area contributed by atoms with Crippen LogP contribution >= 0.6 is 23.4 Å². The smallest absolute Gasteiger partial charge is 0.264 e. The molecular formula is C24H20ClF2N7O2S. The number of halogens is 3. The van der Waals surface area contributed by atoms with Gasteiger partial charge in [0, 0.05) is 22.2 Å². The number of hydrogen-bond donors (Lipinski definition) is 3. The number of nitrogens with zero attached hydrogens (tertiary/aromatic N) is 4. The molecule has 0 fully saturated rings. The van der Waals surface area contributed by atoms with Gasteiger partial charge in [0.25, 0.3) is 5.95 Å². The molecule has 0 bridgehead atoms. The van der Waals surface area contributed by atoms with Crippen LogP contribution in [0.2, 0.25) is 5.02 Å². The lowest BCUT2D eigenvalue weighted by Gasteiger charge is -2.10. The Kier molecular flexibility index (Phi) is 8.54. The van der Waals surface area contributed by atoms with E-state index < -0.39 is 17.5 Å². The first-order valence-electron chi connectivity index (χ1n) is 10.7. The molecule has 1 amide bonds. The summed E-state index contributed by atoms with van der Waals surface area (Å²) in [6, 6.07) is 17.6. The number of para-hydroxylation sites is 1. The number of carbonyl (C=O) groups excluding carboxylic acids is 1. The molecule has 37 heavy (non-hydrogen) atoms. The van der Waals surface area contributed by atoms with Crippen molar-refractivity contribution in [2.75, 3.05) is 22.3 Å². The molecule has 0 aliphatic carbocycles. The van der Waals surface area contributed by atoms with Crippen molar-refractivity contribution >= 4 is 47.1 Å². The normalized spacial score (nSPS) is 11.0. The third-order valence-electron chi connectivity index (χ3n) is 4.83. The summed E-state index contributed by atoms with van der Waals surface area (Å²) >= 11 is 7.17. The van der Waals surface area contributed by atoms with Crippen molar-refractivity contribution in [2.45, 2.75) is 11.8 Å². The van der Waals surface area contributed by atoms with Gasteiger partial charge in [-0.2, -0.15) is 5.10 Å². The fraction of sp³-hybridized carbons (Fsp3) is 0.0833. The lowest BCUT2D eigenvalue weighted by molar-refractivity contribution is -0.113. The van der Waals surface area contributed by atoms with Gasteiger partial charge in [-0.1, -0.05) is 53.7 Å². The van der Waals surface area contributed by atoms with Crippen LogP contribution in [0.3, 0.4) is 0 Å². The summed E-state index contributed by atoms with van der Waals surface area (Å²) in [5.74, 6) is 4.43. The monoisotopic (exact) mass is 543 g/mol. The van der Waals surface area contributed by atoms with Crippen LogP contribution in [-0.2, 0) is 11.4 Å². The highest BCUT2D eigenvalue weighted by Crippen LogP contribution is 2.22. The number of thioether (sulfide) groups is 1. The van der Waals surface area contributed by atoms with Crippen molar-refractivity contribution in [1.29, 1.82) is 0 Å². The third-order valence-corrected chi connectivity index (χ3v) is 6.14. The molecule has 0 saturated heterocycles. The second-order valence-electron chi connectivity index (χ2n) is 7.43. The highest BCUT2D eigenvalue weighted by atomic mass is 35.5. The fourth-order valence-electron chi connectivity index (χ4n) is 3.01. The summed E-state index contributed by atoms with van der Waals surface area (Å²) in [6.45, 7) is 0.289. The van der Waals surface area contributed by atoms with Crippen molar-refractivity contribution in [1.82, 2.24) is 14.9 Å². The van der Waals surface area contributed by atoms with E-state index in [2.05, 4.69) is 26.0 Å². The van der Waals surface area contributed by atoms with Gasteiger partial charge in [-0.15, -0.1) is 10.2 Å². The lowest BCUT2D eigenvalue weighted by Crippen LogP contribution is -2.17. The number of nitrogens with two attached hydrogens (primary N) is 1. The van der Waals surface area contributed by atoms with Crippen LogP contribution in [0.5, 0.6) is 5.75 Å². The van der Waals surface area contributed by atoms with Crippen molar-refractivity contribution in [2.24, 2.45) is 5.10 Å². The number of hydrazone groups is 1. The number of ether oxygens (including phenoxy) is 1. The Bertz CT molecular complexity index is 1430. The van der Waals surface area contributed by atoms with Gasteiger partial charge >= 0.3 is 0 Å². The number of carbonyl (C=O) groups is 1. The van der Waals surface area contributed by atoms with E-state index >= 15 is 0 Å². The van der Waals surface area contributed by atoms with Crippen molar-refractivity contribution in [3.05, 3.63) is 94.5 Å². The first-order chi connectivity index (χ1) is 17.9. The average molecular weight is 544 g/mol. The van der Waals surface area contributed by atoms with Gasteiger partial charge in [0.15, 0.2) is 0 Å². The number of rotatable bonds is 10. The van der Waals surface area contributed by atoms with Gasteiger partial charge in [0.1, 0.15) is 24.0 Å². The number of anilines is 2. The number of aromatic nitrogens is 3. The molecular weight excluding hydrogens is 524 g/mol. The molecule has 1 heterocycles. The van der Waals surface area contributed by atoms with Crippen LogP contribution in [0.4, 0.5) is 20.4 Å². The van der Waals surface area contributed by atoms with E-state index in [1.165, 1.54) is 6.21 Å². The second kappa shape index (κ2) is 12.2. The summed E-state index contributed by atoms with van der Waals surface area (Å²) in [4.78, 5) is 12.1. The second-order valence-corrected chi connectivity index (χ2v) is 8.77. The Morgan fingerprint density at radius 1 is 1.14 bits per heavy atom. The molecule has 4 rings (SSSR count). The summed E-state index contributed by atoms with van der Waals surface area (Å²) in [6.07, 6.45) is 1.54. The summed E-state index contributed by atoms with van der Waals surface area (Å²) in [7, 11) is 0. The number of amides is 1. The van der Waals surface area contributed by atoms with Gasteiger partial charge in [-0.05, 0) is 30.3 Å². The average Bonchev–Trinajstić information content (AvgIpc) is 3.24. The molecule has 0 radical (unpaired) electrons. The Morgan fingerprint density at radius 2 is 1.92 bits per heavy atom. The van der Waals surface area contributed by atoms with E-state index in [1.54, 1.807) is 12.1 Å². The predicted octanol–water partition coefficient (Wildman–Crippen LogP) is 4.68. The van der Waals surface area contributed by atoms with Crippen molar-refractivity contribution in [3.63, 3.8) is 0 Å². The molecule has 9 nitrogen and oxygen atoms in total. The third kappa shape index (κ3) is 6.96. The van der Waals surface area contributed by atoms with Crippen molar-refractivity contribution < 1.29 is 18.3 Å². The number of nitrogen functional groups attached to an aromatic ring is 1. The van der Waals surface area contributed by atoms with Crippen LogP contribution in [-0.4, -0.2) is 32.7 Å². The van der Waals surface area contributed by atoms with Gasteiger partial charge in [-0.25, -0.2) is 18.9 Å². The highest BCUT2D eigenvalue weighted by molar-refractivity contribution is 7.99. The molecule has 0 spiro atoms. The maximum absolute atomic E-state index is 13.7. The van der Waals surface area contributed by atoms with Gasteiger partial charge < -0.3 is 15.9 Å². The SMILES string of the molecule is Nn1c(N/N=C/c2ccccc2OCc2ccccc2Cl)nnc1SCC(=O)Nc1ccc(F)cc1F. The zero-order valence-electron chi connectivity index (χ0n) is 19.1. The molecule has 4 N–H and O–H groups in total. The van der Waals surface area contributed by atoms with Crippen LogP contribution in [0, 0.1) is 11.6 Å². The Labute approximate surface area is 219 Å². The molecule has 0 aliphatic heterocycles. The fourth-order valence-corrected chi connectivity index (χ4v) is 3.85. The molecule has 1 aromatic heterocycles. The van der Waals surface area contributed by atoms with E-state index in [-0.39, 0.29) is 29.2 Å². The summed E-state index contributed by atoms with van der Waals surface area (Å²) < 4.78 is 33.7. The minimum Gasteiger partial charge on any atom is -0.488 e. The topological polar surface area (TPSA) is 119 Å². The van der Waals surface area contributed by atoms with E-state index in [0.29, 0.717) is 22.4 Å². The van der Waals surface area contributed by atoms with Crippen molar-refractivity contribution in [3.8, 4) is 5.75 Å². The molecule has 3 aromatic carbocycles. The van der Waals surface area contributed by atoms with Gasteiger partial charge in [-0.3, -0.25) is 4.79 Å². The standard InChI is InChI=1S/C24H20ClF2N7O2S/c25-18-7-3-1-6-16(18)13-36-21-8-4-2-5-15(21)12-29-31-23-32-33-24(34(23)28)37-14-22(35)30-20-10-9-17(26)11-19(20)27/h1-12H,13-14,28H2,(H,30,35)(H,31,32)/b29-12+. The minimum atomic E-state index is -0.875.